The van der Waals surface area contributed by atoms with Crippen LogP contribution in [0.15, 0.2) is 66.7 Å². The van der Waals surface area contributed by atoms with Gasteiger partial charge < -0.3 is 14.5 Å². The Kier molecular flexibility index (Phi) is 5.30. The Balaban J connectivity index is 1.47. The molecule has 150 valence electrons. The summed E-state index contributed by atoms with van der Waals surface area (Å²) in [5.41, 5.74) is 4.37. The van der Waals surface area contributed by atoms with Crippen LogP contribution in [0, 0.1) is 6.92 Å². The maximum absolute atomic E-state index is 12.4. The monoisotopic (exact) mass is 400 g/mol. The zero-order chi connectivity index (χ0) is 21.1. The number of nitrogens with zero attached hydrogens (tertiary/aromatic N) is 1. The highest BCUT2D eigenvalue weighted by atomic mass is 16.5. The third-order valence-electron chi connectivity index (χ3n) is 4.77. The fraction of sp³-hybridized carbons (Fsp3) is 0.125. The molecule has 0 saturated carbocycles. The lowest BCUT2D eigenvalue weighted by molar-refractivity contribution is 0.0475. The predicted molar refractivity (Wildman–Crippen MR) is 114 cm³/mol. The molecule has 0 amide bonds. The second-order valence-corrected chi connectivity index (χ2v) is 6.91. The van der Waals surface area contributed by atoms with E-state index in [1.807, 2.05) is 31.2 Å². The first kappa shape index (κ1) is 19.4. The fourth-order valence-electron chi connectivity index (χ4n) is 3.08. The molecule has 4 aromatic rings. The second-order valence-electron chi connectivity index (χ2n) is 6.91. The third kappa shape index (κ3) is 4.07. The number of carbonyl (C=O) groups is 2. The molecule has 0 unspecified atom stereocenters. The molecule has 0 atom stereocenters. The lowest BCUT2D eigenvalue weighted by Crippen LogP contribution is -2.14. The van der Waals surface area contributed by atoms with Crippen LogP contribution in [0.1, 0.15) is 26.3 Å². The van der Waals surface area contributed by atoms with Crippen molar-refractivity contribution in [2.75, 3.05) is 13.7 Å². The molecule has 3 aromatic carbocycles. The number of imidazole rings is 1. The van der Waals surface area contributed by atoms with Gasteiger partial charge in [-0.2, -0.15) is 0 Å². The van der Waals surface area contributed by atoms with E-state index in [-0.39, 0.29) is 12.4 Å². The second kappa shape index (κ2) is 8.21. The maximum atomic E-state index is 12.4. The predicted octanol–water partition coefficient (Wildman–Crippen LogP) is 4.59. The number of rotatable bonds is 6. The molecule has 0 aliphatic carbocycles. The smallest absolute Gasteiger partial charge is 0.338 e. The highest BCUT2D eigenvalue weighted by Crippen LogP contribution is 2.22. The Morgan fingerprint density at radius 1 is 0.967 bits per heavy atom. The topological polar surface area (TPSA) is 81.3 Å². The number of Topliss-reactive ketones (excluding diaryl/α,β-unsaturated/α-hetero) is 1. The summed E-state index contributed by atoms with van der Waals surface area (Å²) in [4.78, 5) is 32.5. The van der Waals surface area contributed by atoms with Gasteiger partial charge in [-0.25, -0.2) is 9.78 Å². The lowest BCUT2D eigenvalue weighted by atomic mass is 10.1. The molecule has 0 fully saturated rings. The molecule has 0 bridgehead atoms. The first-order valence-electron chi connectivity index (χ1n) is 9.44. The first-order valence-corrected chi connectivity index (χ1v) is 9.44. The van der Waals surface area contributed by atoms with Gasteiger partial charge in [0.15, 0.2) is 12.4 Å². The molecule has 4 rings (SSSR count). The molecular weight excluding hydrogens is 380 g/mol. The van der Waals surface area contributed by atoms with Crippen LogP contribution in [0.25, 0.3) is 22.4 Å². The zero-order valence-corrected chi connectivity index (χ0v) is 16.6. The van der Waals surface area contributed by atoms with E-state index in [1.165, 1.54) is 12.7 Å². The minimum atomic E-state index is -0.570. The van der Waals surface area contributed by atoms with Crippen molar-refractivity contribution in [3.63, 3.8) is 0 Å². The van der Waals surface area contributed by atoms with Gasteiger partial charge in [0.25, 0.3) is 0 Å². The SMILES string of the molecule is COc1cccc(C(=O)COC(=O)c2ccc3nc(-c4ccc(C)cc4)[nH]c3c2)c1. The van der Waals surface area contributed by atoms with Crippen molar-refractivity contribution in [1.82, 2.24) is 9.97 Å². The molecule has 0 saturated heterocycles. The first-order chi connectivity index (χ1) is 14.5. The number of nitrogens with one attached hydrogen (secondary N) is 1. The minimum absolute atomic E-state index is 0.300. The highest BCUT2D eigenvalue weighted by molar-refractivity contribution is 6.00. The van der Waals surface area contributed by atoms with Crippen molar-refractivity contribution >= 4 is 22.8 Å². The summed E-state index contributed by atoms with van der Waals surface area (Å²) in [6.45, 7) is 1.68. The number of ketones is 1. The van der Waals surface area contributed by atoms with Crippen LogP contribution in [0.4, 0.5) is 0 Å². The van der Waals surface area contributed by atoms with Gasteiger partial charge in [-0.05, 0) is 37.3 Å². The number of methoxy groups -OCH3 is 1. The highest BCUT2D eigenvalue weighted by Gasteiger charge is 2.14. The van der Waals surface area contributed by atoms with E-state index in [2.05, 4.69) is 9.97 Å². The quantitative estimate of drug-likeness (QED) is 0.378. The number of esters is 1. The van der Waals surface area contributed by atoms with Gasteiger partial charge in [-0.1, -0.05) is 42.0 Å². The molecule has 0 aliphatic heterocycles. The average Bonchev–Trinajstić information content (AvgIpc) is 3.21. The van der Waals surface area contributed by atoms with E-state index in [4.69, 9.17) is 9.47 Å². The molecule has 6 nitrogen and oxygen atoms in total. The van der Waals surface area contributed by atoms with Crippen LogP contribution < -0.4 is 4.74 Å². The minimum Gasteiger partial charge on any atom is -0.497 e. The summed E-state index contributed by atoms with van der Waals surface area (Å²) in [5.74, 6) is 0.427. The number of hydrogen-bond acceptors (Lipinski definition) is 5. The van der Waals surface area contributed by atoms with Crippen LogP contribution in [-0.2, 0) is 4.74 Å². The molecule has 1 N–H and O–H groups in total. The summed E-state index contributed by atoms with van der Waals surface area (Å²) in [6, 6.07) is 19.8. The van der Waals surface area contributed by atoms with Gasteiger partial charge in [0, 0.05) is 11.1 Å². The van der Waals surface area contributed by atoms with Crippen molar-refractivity contribution in [2.45, 2.75) is 6.92 Å². The average molecular weight is 400 g/mol. The molecular formula is C24H20N2O4. The Bertz CT molecular complexity index is 1230. The van der Waals surface area contributed by atoms with E-state index in [0.29, 0.717) is 16.9 Å². The van der Waals surface area contributed by atoms with Gasteiger partial charge in [-0.15, -0.1) is 0 Å². The number of fused-ring (bicyclic) bond motifs is 1. The van der Waals surface area contributed by atoms with E-state index in [9.17, 15) is 9.59 Å². The summed E-state index contributed by atoms with van der Waals surface area (Å²) in [5, 5.41) is 0. The van der Waals surface area contributed by atoms with Crippen LogP contribution in [0.2, 0.25) is 0 Å². The molecule has 0 radical (unpaired) electrons. The van der Waals surface area contributed by atoms with Gasteiger partial charge in [0.2, 0.25) is 0 Å². The maximum Gasteiger partial charge on any atom is 0.338 e. The fourth-order valence-corrected chi connectivity index (χ4v) is 3.08. The number of benzene rings is 3. The Morgan fingerprint density at radius 3 is 2.53 bits per heavy atom. The number of aromatic amines is 1. The van der Waals surface area contributed by atoms with E-state index >= 15 is 0 Å². The van der Waals surface area contributed by atoms with Crippen LogP contribution >= 0.6 is 0 Å². The van der Waals surface area contributed by atoms with Crippen molar-refractivity contribution < 1.29 is 19.1 Å². The molecule has 1 aromatic heterocycles. The summed E-state index contributed by atoms with van der Waals surface area (Å²) in [7, 11) is 1.53. The van der Waals surface area contributed by atoms with E-state index in [0.717, 1.165) is 22.4 Å². The standard InChI is InChI=1S/C24H20N2O4/c1-15-6-8-16(9-7-15)23-25-20-11-10-18(13-21(20)26-23)24(28)30-14-22(27)17-4-3-5-19(12-17)29-2/h3-13H,14H2,1-2H3,(H,25,26). The third-order valence-corrected chi connectivity index (χ3v) is 4.77. The van der Waals surface area contributed by atoms with Gasteiger partial charge in [0.05, 0.1) is 23.7 Å². The summed E-state index contributed by atoms with van der Waals surface area (Å²) in [6.07, 6.45) is 0. The molecule has 6 heteroatoms. The number of aromatic nitrogens is 2. The van der Waals surface area contributed by atoms with E-state index < -0.39 is 5.97 Å². The van der Waals surface area contributed by atoms with Crippen molar-refractivity contribution in [3.05, 3.63) is 83.4 Å². The van der Waals surface area contributed by atoms with Crippen LogP contribution in [-0.4, -0.2) is 35.4 Å². The molecule has 0 aliphatic rings. The summed E-state index contributed by atoms with van der Waals surface area (Å²) >= 11 is 0. The van der Waals surface area contributed by atoms with Crippen LogP contribution in [0.5, 0.6) is 5.75 Å². The van der Waals surface area contributed by atoms with Crippen LogP contribution in [0.3, 0.4) is 0 Å². The largest absolute Gasteiger partial charge is 0.497 e. The van der Waals surface area contributed by atoms with Gasteiger partial charge in [-0.3, -0.25) is 4.79 Å². The number of aryl methyl sites for hydroxylation is 1. The number of carbonyl (C=O) groups excluding carboxylic acids is 2. The number of hydrogen-bond donors (Lipinski definition) is 1. The molecule has 0 spiro atoms. The Morgan fingerprint density at radius 2 is 1.77 bits per heavy atom. The van der Waals surface area contributed by atoms with Crippen molar-refractivity contribution in [1.29, 1.82) is 0 Å². The normalized spacial score (nSPS) is 10.7. The molecule has 30 heavy (non-hydrogen) atoms. The number of H-pyrrole nitrogens is 1. The van der Waals surface area contributed by atoms with Gasteiger partial charge >= 0.3 is 5.97 Å². The summed E-state index contributed by atoms with van der Waals surface area (Å²) < 4.78 is 10.3. The van der Waals surface area contributed by atoms with E-state index in [1.54, 1.807) is 42.5 Å². The lowest BCUT2D eigenvalue weighted by Gasteiger charge is -2.06. The Labute approximate surface area is 173 Å². The van der Waals surface area contributed by atoms with Gasteiger partial charge in [0.1, 0.15) is 11.6 Å². The molecule has 1 heterocycles. The zero-order valence-electron chi connectivity index (χ0n) is 16.6. The Hall–Kier alpha value is -3.93. The van der Waals surface area contributed by atoms with Crippen molar-refractivity contribution in [2.24, 2.45) is 0 Å². The van der Waals surface area contributed by atoms with Crippen molar-refractivity contribution in [3.8, 4) is 17.1 Å². The number of ether oxygens (including phenoxy) is 2.